The van der Waals surface area contributed by atoms with E-state index in [9.17, 15) is 5.11 Å². The predicted octanol–water partition coefficient (Wildman–Crippen LogP) is 2.71. The molecule has 1 heterocycles. The molecule has 1 aliphatic carbocycles. The van der Waals surface area contributed by atoms with E-state index in [0.29, 0.717) is 11.5 Å². The topological polar surface area (TPSA) is 56.9 Å². The molecule has 1 aromatic rings. The Morgan fingerprint density at radius 3 is 2.73 bits per heavy atom. The van der Waals surface area contributed by atoms with Gasteiger partial charge in [-0.15, -0.1) is 0 Å². The summed E-state index contributed by atoms with van der Waals surface area (Å²) >= 11 is 0. The number of aromatic hydroxyl groups is 1. The Balaban J connectivity index is 2.25. The van der Waals surface area contributed by atoms with Crippen LogP contribution in [-0.4, -0.2) is 10.1 Å². The molecule has 0 bridgehead atoms. The Morgan fingerprint density at radius 1 is 1.33 bits per heavy atom. The van der Waals surface area contributed by atoms with E-state index in [1.54, 1.807) is 6.07 Å². The van der Waals surface area contributed by atoms with Crippen LogP contribution in [0, 0.1) is 11.3 Å². The van der Waals surface area contributed by atoms with Gasteiger partial charge >= 0.3 is 0 Å². The van der Waals surface area contributed by atoms with Crippen LogP contribution in [0.3, 0.4) is 0 Å². The number of nitriles is 1. The first-order chi connectivity index (χ1) is 7.31. The molecule has 3 nitrogen and oxygen atoms in total. The maximum absolute atomic E-state index is 9.35. The van der Waals surface area contributed by atoms with Crippen LogP contribution in [0.4, 0.5) is 0 Å². The van der Waals surface area contributed by atoms with Gasteiger partial charge in [-0.05, 0) is 18.9 Å². The highest BCUT2D eigenvalue weighted by Crippen LogP contribution is 2.32. The summed E-state index contributed by atoms with van der Waals surface area (Å²) < 4.78 is 0. The quantitative estimate of drug-likeness (QED) is 0.761. The van der Waals surface area contributed by atoms with Crippen molar-refractivity contribution in [3.63, 3.8) is 0 Å². The molecule has 0 radical (unpaired) electrons. The number of aromatic nitrogens is 1. The fraction of sp³-hybridized carbons (Fsp3) is 0.500. The molecule has 1 N–H and O–H groups in total. The van der Waals surface area contributed by atoms with Crippen molar-refractivity contribution in [1.82, 2.24) is 4.98 Å². The van der Waals surface area contributed by atoms with Gasteiger partial charge in [0.25, 0.3) is 0 Å². The zero-order valence-electron chi connectivity index (χ0n) is 8.61. The van der Waals surface area contributed by atoms with Crippen molar-refractivity contribution in [1.29, 1.82) is 5.26 Å². The summed E-state index contributed by atoms with van der Waals surface area (Å²) in [5, 5.41) is 18.2. The number of pyridine rings is 1. The second-order valence-electron chi connectivity index (χ2n) is 4.07. The van der Waals surface area contributed by atoms with Gasteiger partial charge in [0.05, 0.1) is 11.8 Å². The summed E-state index contributed by atoms with van der Waals surface area (Å²) in [4.78, 5) is 4.21. The molecule has 1 aliphatic rings. The van der Waals surface area contributed by atoms with Gasteiger partial charge in [0.2, 0.25) is 0 Å². The molecule has 3 heteroatoms. The smallest absolute Gasteiger partial charge is 0.151 e. The van der Waals surface area contributed by atoms with Crippen molar-refractivity contribution in [2.45, 2.75) is 38.0 Å². The van der Waals surface area contributed by atoms with E-state index in [2.05, 4.69) is 4.98 Å². The minimum atomic E-state index is -0.0166. The molecular formula is C12H14N2O. The number of rotatable bonds is 1. The lowest BCUT2D eigenvalue weighted by Crippen LogP contribution is -2.06. The van der Waals surface area contributed by atoms with E-state index < -0.39 is 0 Å². The van der Waals surface area contributed by atoms with Crippen molar-refractivity contribution in [2.75, 3.05) is 0 Å². The SMILES string of the molecule is N#Cc1cc(C2CCCCC2)ncc1O. The van der Waals surface area contributed by atoms with Crippen LogP contribution < -0.4 is 0 Å². The summed E-state index contributed by atoms with van der Waals surface area (Å²) in [6.45, 7) is 0. The van der Waals surface area contributed by atoms with Crippen LogP contribution in [0.1, 0.15) is 49.3 Å². The van der Waals surface area contributed by atoms with Crippen LogP contribution in [0.25, 0.3) is 0 Å². The third-order valence-corrected chi connectivity index (χ3v) is 3.05. The Hall–Kier alpha value is -1.56. The van der Waals surface area contributed by atoms with E-state index in [1.165, 1.54) is 25.5 Å². The van der Waals surface area contributed by atoms with Crippen molar-refractivity contribution in [3.8, 4) is 11.8 Å². The van der Waals surface area contributed by atoms with Crippen molar-refractivity contribution < 1.29 is 5.11 Å². The summed E-state index contributed by atoms with van der Waals surface area (Å²) in [6.07, 6.45) is 7.50. The highest BCUT2D eigenvalue weighted by molar-refractivity contribution is 5.41. The van der Waals surface area contributed by atoms with E-state index in [4.69, 9.17) is 5.26 Å². The zero-order chi connectivity index (χ0) is 10.7. The van der Waals surface area contributed by atoms with Crippen LogP contribution >= 0.6 is 0 Å². The molecule has 0 saturated heterocycles. The molecule has 78 valence electrons. The predicted molar refractivity (Wildman–Crippen MR) is 56.4 cm³/mol. The maximum Gasteiger partial charge on any atom is 0.151 e. The molecule has 0 atom stereocenters. The number of hydrogen-bond donors (Lipinski definition) is 1. The van der Waals surface area contributed by atoms with Gasteiger partial charge in [-0.25, -0.2) is 0 Å². The average Bonchev–Trinajstić information content (AvgIpc) is 2.31. The van der Waals surface area contributed by atoms with Gasteiger partial charge in [-0.2, -0.15) is 5.26 Å². The van der Waals surface area contributed by atoms with Crippen LogP contribution in [0.5, 0.6) is 5.75 Å². The minimum absolute atomic E-state index is 0.0166. The lowest BCUT2D eigenvalue weighted by molar-refractivity contribution is 0.433. The van der Waals surface area contributed by atoms with Gasteiger partial charge in [0.1, 0.15) is 6.07 Å². The third kappa shape index (κ3) is 2.10. The Bertz CT molecular complexity index is 389. The van der Waals surface area contributed by atoms with Gasteiger partial charge in [-0.3, -0.25) is 4.98 Å². The molecule has 1 aromatic heterocycles. The first-order valence-corrected chi connectivity index (χ1v) is 5.40. The van der Waals surface area contributed by atoms with Gasteiger partial charge < -0.3 is 5.11 Å². The minimum Gasteiger partial charge on any atom is -0.505 e. The summed E-state index contributed by atoms with van der Waals surface area (Å²) in [5.74, 6) is 0.462. The lowest BCUT2D eigenvalue weighted by Gasteiger charge is -2.20. The number of nitrogens with zero attached hydrogens (tertiary/aromatic N) is 2. The highest BCUT2D eigenvalue weighted by atomic mass is 16.3. The molecule has 1 saturated carbocycles. The second kappa shape index (κ2) is 4.31. The Morgan fingerprint density at radius 2 is 2.07 bits per heavy atom. The summed E-state index contributed by atoms with van der Waals surface area (Å²) in [6, 6.07) is 3.71. The Kier molecular flexibility index (Phi) is 2.86. The van der Waals surface area contributed by atoms with E-state index >= 15 is 0 Å². The molecule has 0 aromatic carbocycles. The normalized spacial score (nSPS) is 17.3. The Labute approximate surface area is 89.4 Å². The van der Waals surface area contributed by atoms with Crippen molar-refractivity contribution in [3.05, 3.63) is 23.5 Å². The van der Waals surface area contributed by atoms with Crippen molar-refractivity contribution in [2.24, 2.45) is 0 Å². The molecule has 0 amide bonds. The average molecular weight is 202 g/mol. The van der Waals surface area contributed by atoms with Gasteiger partial charge in [0.15, 0.2) is 5.75 Å². The van der Waals surface area contributed by atoms with Gasteiger partial charge in [-0.1, -0.05) is 19.3 Å². The zero-order valence-corrected chi connectivity index (χ0v) is 8.61. The van der Waals surface area contributed by atoms with Crippen LogP contribution in [-0.2, 0) is 0 Å². The molecule has 15 heavy (non-hydrogen) atoms. The van der Waals surface area contributed by atoms with E-state index in [0.717, 1.165) is 18.5 Å². The van der Waals surface area contributed by atoms with E-state index in [-0.39, 0.29) is 5.75 Å². The number of hydrogen-bond acceptors (Lipinski definition) is 3. The third-order valence-electron chi connectivity index (χ3n) is 3.05. The van der Waals surface area contributed by atoms with E-state index in [1.807, 2.05) is 6.07 Å². The molecule has 0 aliphatic heterocycles. The summed E-state index contributed by atoms with van der Waals surface area (Å²) in [7, 11) is 0. The van der Waals surface area contributed by atoms with Crippen LogP contribution in [0.2, 0.25) is 0 Å². The first kappa shape index (κ1) is 9.97. The fourth-order valence-electron chi connectivity index (χ4n) is 2.18. The van der Waals surface area contributed by atoms with Crippen LogP contribution in [0.15, 0.2) is 12.3 Å². The molecule has 1 fully saturated rings. The van der Waals surface area contributed by atoms with Crippen molar-refractivity contribution >= 4 is 0 Å². The molecule has 0 spiro atoms. The molecular weight excluding hydrogens is 188 g/mol. The standard InChI is InChI=1S/C12H14N2O/c13-7-10-6-11(14-8-12(10)15)9-4-2-1-3-5-9/h6,8-9,15H,1-5H2. The highest BCUT2D eigenvalue weighted by Gasteiger charge is 2.17. The first-order valence-electron chi connectivity index (χ1n) is 5.40. The molecule has 0 unspecified atom stereocenters. The maximum atomic E-state index is 9.35. The fourth-order valence-corrected chi connectivity index (χ4v) is 2.18. The summed E-state index contributed by atoms with van der Waals surface area (Å²) in [5.41, 5.74) is 1.30. The molecule has 2 rings (SSSR count). The largest absolute Gasteiger partial charge is 0.505 e. The monoisotopic (exact) mass is 202 g/mol. The van der Waals surface area contributed by atoms with Gasteiger partial charge in [0, 0.05) is 11.6 Å². The lowest BCUT2D eigenvalue weighted by atomic mass is 9.86. The second-order valence-corrected chi connectivity index (χ2v) is 4.07.